The molecule has 0 aliphatic heterocycles. The van der Waals surface area contributed by atoms with Gasteiger partial charge in [0.05, 0.1) is 0 Å². The molecule has 9 N–H and O–H groups in total. The first-order valence-corrected chi connectivity index (χ1v) is 0.996. The first-order valence-electron chi connectivity index (χ1n) is 0.996. The van der Waals surface area contributed by atoms with Crippen molar-refractivity contribution in [2.75, 3.05) is 6.61 Å². The van der Waals surface area contributed by atoms with Crippen molar-refractivity contribution in [2.45, 2.75) is 6.92 Å². The van der Waals surface area contributed by atoms with Crippen LogP contribution in [0.5, 0.6) is 0 Å². The topological polar surface area (TPSA) is 126 Å². The monoisotopic (exact) mass is 98.1 g/mol. The Kier molecular flexibility index (Phi) is 681. The smallest absolute Gasteiger partial charge is 0.0809 e. The van der Waals surface area contributed by atoms with E-state index < -0.39 is 0 Å². The van der Waals surface area contributed by atoms with E-state index in [0.29, 0.717) is 0 Å². The van der Waals surface area contributed by atoms with Crippen LogP contribution < -0.4 is 17.4 Å². The maximum atomic E-state index is 8.93. The zero-order chi connectivity index (χ0) is 2.71. The van der Waals surface area contributed by atoms with E-state index in [1.54, 1.807) is 6.92 Å². The van der Waals surface area contributed by atoms with Crippen molar-refractivity contribution in [1.82, 2.24) is 12.3 Å². The molecule has 0 saturated carbocycles. The minimum atomic E-state index is 0. The second kappa shape index (κ2) is 101. The lowest BCUT2D eigenvalue weighted by Crippen LogP contribution is -1.97. The summed E-state index contributed by atoms with van der Waals surface area (Å²) in [5.74, 6) is 0. The van der Waals surface area contributed by atoms with Crippen LogP contribution in [0.25, 0.3) is 0 Å². The van der Waals surface area contributed by atoms with Gasteiger partial charge in [0.1, 0.15) is 0 Å². The van der Waals surface area contributed by atoms with Crippen LogP contribution >= 0.6 is 0 Å². The fourth-order valence-corrected chi connectivity index (χ4v) is 0. The Morgan fingerprint density at radius 1 is 1.33 bits per heavy atom. The van der Waals surface area contributed by atoms with Gasteiger partial charge in [-0.3, -0.25) is 0 Å². The molecule has 0 aromatic carbocycles. The molecule has 0 aliphatic rings. The molecule has 6 heavy (non-hydrogen) atoms. The van der Waals surface area contributed by atoms with E-state index in [9.17, 15) is 0 Å². The molecule has 0 fully saturated rings. The summed E-state index contributed by atoms with van der Waals surface area (Å²) in [6, 6.07) is 0. The highest BCUT2D eigenvalue weighted by molar-refractivity contribution is 3.79. The van der Waals surface area contributed by atoms with E-state index in [4.69, 9.17) is 5.11 Å². The van der Waals surface area contributed by atoms with Crippen LogP contribution in [0.1, 0.15) is 6.92 Å². The minimum absolute atomic E-state index is 0. The fourth-order valence-electron chi connectivity index (χ4n) is 0. The summed E-state index contributed by atoms with van der Waals surface area (Å²) in [6.07, 6.45) is 0. The molecule has 0 unspecified atom stereocenters. The zero-order valence-corrected chi connectivity index (χ0v) is 4.56. The van der Waals surface area contributed by atoms with Gasteiger partial charge in [-0.25, -0.2) is 0 Å². The van der Waals surface area contributed by atoms with Gasteiger partial charge in [0.15, 0.2) is 0 Å². The molecule has 0 radical (unpaired) electrons. The van der Waals surface area contributed by atoms with Gasteiger partial charge in [-0.05, 0) is 0 Å². The van der Waals surface area contributed by atoms with Crippen LogP contribution in [-0.2, 0) is 0 Å². The number of hydrogen-bond donors (Lipinski definition) is 2. The van der Waals surface area contributed by atoms with E-state index >= 15 is 0 Å². The van der Waals surface area contributed by atoms with Crippen molar-refractivity contribution in [3.63, 3.8) is 0 Å². The van der Waals surface area contributed by atoms with Crippen molar-refractivity contribution in [2.24, 2.45) is 0 Å². The summed E-state index contributed by atoms with van der Waals surface area (Å²) < 4.78 is 0. The van der Waals surface area contributed by atoms with Crippen molar-refractivity contribution in [3.8, 4) is 0 Å². The summed E-state index contributed by atoms with van der Waals surface area (Å²) in [7, 11) is 0. The normalized spacial score (nSPS) is 3.00. The third-order valence-corrected chi connectivity index (χ3v) is 0. The summed E-state index contributed by atoms with van der Waals surface area (Å²) in [4.78, 5) is 0. The van der Waals surface area contributed by atoms with Gasteiger partial charge in [-0.2, -0.15) is 0 Å². The van der Waals surface area contributed by atoms with E-state index in [1.165, 1.54) is 0 Å². The van der Waals surface area contributed by atoms with Gasteiger partial charge in [0.2, 0.25) is 0 Å². The maximum Gasteiger partial charge on any atom is -0.0809 e. The lowest BCUT2D eigenvalue weighted by atomic mass is 10.9. The average molecular weight is 98.1 g/mol. The van der Waals surface area contributed by atoms with Crippen molar-refractivity contribution < 1.29 is 10.6 Å². The Balaban J connectivity index is -0.00000000667. The molecule has 0 aromatic rings. The van der Waals surface area contributed by atoms with E-state index in [0.717, 1.165) is 0 Å². The molecule has 0 rings (SSSR count). The second-order valence-corrected chi connectivity index (χ2v) is 0.289. The van der Waals surface area contributed by atoms with Crippen molar-refractivity contribution in [1.29, 1.82) is 0 Å². The Morgan fingerprint density at radius 2 is 1.33 bits per heavy atom. The molecule has 0 amide bonds. The molecule has 0 aliphatic carbocycles. The minimum Gasteiger partial charge on any atom is -0.870 e. The molecule has 0 heterocycles. The predicted molar refractivity (Wildman–Crippen MR) is 24.4 cm³/mol. The third kappa shape index (κ3) is 1210. The third-order valence-electron chi connectivity index (χ3n) is 0. The van der Waals surface area contributed by atoms with Crippen LogP contribution in [0.3, 0.4) is 0 Å². The number of hydrogen-bond acceptors (Lipinski definition) is 2. The van der Waals surface area contributed by atoms with E-state index in [-0.39, 0.29) is 24.4 Å². The highest BCUT2D eigenvalue weighted by atomic mass is 16.2. The van der Waals surface area contributed by atoms with Crippen molar-refractivity contribution >= 4 is 0 Å². The summed E-state index contributed by atoms with van der Waals surface area (Å²) in [6.45, 7) is 1.57. The maximum absolute atomic E-state index is 8.93. The van der Waals surface area contributed by atoms with E-state index in [2.05, 4.69) is 0 Å². The zero-order valence-electron chi connectivity index (χ0n) is 4.56. The van der Waals surface area contributed by atoms with Crippen LogP contribution in [0.2, 0.25) is 0 Å². The summed E-state index contributed by atoms with van der Waals surface area (Å²) in [5.41, 5.74) is 0. The highest BCUT2D eigenvalue weighted by Gasteiger charge is 1.16. The van der Waals surface area contributed by atoms with E-state index in [1.807, 2.05) is 0 Å². The Labute approximate surface area is 37.7 Å². The standard InChI is InChI=1S/C2H5O.2H3N.H2O/c1-2-3;;;/h2H2,1H3;2*1H3;1H2/q-1;;;/p+1. The largest absolute Gasteiger partial charge is 0.870 e. The SMILES string of the molecule is CC[O-].[NH4+].[NH4+].[OH-]. The van der Waals surface area contributed by atoms with Crippen LogP contribution in [0, 0.1) is 0 Å². The highest BCUT2D eigenvalue weighted by Crippen LogP contribution is 1.18. The number of rotatable bonds is 0. The fraction of sp³-hybridized carbons (Fsp3) is 1.00. The average Bonchev–Trinajstić information content (AvgIpc) is 0.918. The molecular formula is C2H14N2O2. The molecule has 0 bridgehead atoms. The molecular weight excluding hydrogens is 84.0 g/mol. The molecule has 0 atom stereocenters. The summed E-state index contributed by atoms with van der Waals surface area (Å²) in [5, 5.41) is 8.93. The first kappa shape index (κ1) is 40.4. The predicted octanol–water partition coefficient (Wildman–Crippen LogP) is -0.0578. The van der Waals surface area contributed by atoms with Gasteiger partial charge in [0.25, 0.3) is 0 Å². The van der Waals surface area contributed by atoms with Gasteiger partial charge in [-0.15, -0.1) is 6.61 Å². The number of quaternary nitrogens is 2. The quantitative estimate of drug-likeness (QED) is 0.440. The Hall–Kier alpha value is -0.160. The second-order valence-electron chi connectivity index (χ2n) is 0.289. The molecule has 4 nitrogen and oxygen atoms in total. The van der Waals surface area contributed by atoms with Gasteiger partial charge in [-0.1, -0.05) is 6.92 Å². The van der Waals surface area contributed by atoms with Crippen molar-refractivity contribution in [3.05, 3.63) is 0 Å². The Bertz CT molecular complexity index is 9.51. The van der Waals surface area contributed by atoms with Crippen LogP contribution in [0.4, 0.5) is 0 Å². The lowest BCUT2D eigenvalue weighted by Gasteiger charge is -1.79. The Morgan fingerprint density at radius 3 is 1.33 bits per heavy atom. The van der Waals surface area contributed by atoms with Crippen LogP contribution in [0.15, 0.2) is 0 Å². The van der Waals surface area contributed by atoms with Gasteiger partial charge < -0.3 is 22.9 Å². The van der Waals surface area contributed by atoms with Crippen LogP contribution in [-0.4, -0.2) is 12.1 Å². The molecule has 0 aromatic heterocycles. The van der Waals surface area contributed by atoms with Gasteiger partial charge in [0, 0.05) is 0 Å². The summed E-state index contributed by atoms with van der Waals surface area (Å²) >= 11 is 0. The first-order chi connectivity index (χ1) is 1.41. The molecule has 44 valence electrons. The lowest BCUT2D eigenvalue weighted by molar-refractivity contribution is -0.361. The molecule has 0 spiro atoms. The van der Waals surface area contributed by atoms with Gasteiger partial charge >= 0.3 is 0 Å². The molecule has 0 saturated heterocycles. The molecule has 4 heteroatoms.